The second-order valence-electron chi connectivity index (χ2n) is 8.58. The number of para-hydroxylation sites is 2. The van der Waals surface area contributed by atoms with E-state index in [1.165, 1.54) is 22.0 Å². The number of carbonyl (C=O) groups excluding carboxylic acids is 1. The van der Waals surface area contributed by atoms with Crippen molar-refractivity contribution in [1.82, 2.24) is 19.9 Å². The summed E-state index contributed by atoms with van der Waals surface area (Å²) < 4.78 is 0. The van der Waals surface area contributed by atoms with Gasteiger partial charge in [0.25, 0.3) is 0 Å². The van der Waals surface area contributed by atoms with E-state index in [9.17, 15) is 4.79 Å². The van der Waals surface area contributed by atoms with Gasteiger partial charge in [-0.05, 0) is 62.7 Å². The highest BCUT2D eigenvalue weighted by Crippen LogP contribution is 2.25. The fraction of sp³-hybridized carbons (Fsp3) is 0.360. The second-order valence-corrected chi connectivity index (χ2v) is 8.58. The molecule has 2 N–H and O–H groups in total. The number of aromatic amines is 2. The highest BCUT2D eigenvalue weighted by molar-refractivity contribution is 5.84. The first-order chi connectivity index (χ1) is 14.7. The number of likely N-dealkylation sites (tertiary alicyclic amines) is 1. The minimum absolute atomic E-state index is 0.191. The Balaban J connectivity index is 1.14. The highest BCUT2D eigenvalue weighted by Gasteiger charge is 2.25. The van der Waals surface area contributed by atoms with Gasteiger partial charge in [0.15, 0.2) is 0 Å². The Hall–Kier alpha value is -2.92. The fourth-order valence-electron chi connectivity index (χ4n) is 4.65. The summed E-state index contributed by atoms with van der Waals surface area (Å²) in [6.45, 7) is 5.06. The number of benzene rings is 2. The molecule has 2 aromatic carbocycles. The molecule has 2 aromatic heterocycles. The van der Waals surface area contributed by atoms with Crippen LogP contribution in [0.25, 0.3) is 21.9 Å². The van der Waals surface area contributed by atoms with Crippen LogP contribution in [0, 0.1) is 12.8 Å². The molecular formula is C25H28N4O. The number of carbonyl (C=O) groups is 1. The molecule has 0 radical (unpaired) electrons. The van der Waals surface area contributed by atoms with Crippen molar-refractivity contribution in [2.24, 2.45) is 5.92 Å². The third-order valence-corrected chi connectivity index (χ3v) is 6.41. The van der Waals surface area contributed by atoms with Crippen LogP contribution in [0.1, 0.15) is 36.2 Å². The molecule has 1 fully saturated rings. The van der Waals surface area contributed by atoms with Gasteiger partial charge >= 0.3 is 0 Å². The quantitative estimate of drug-likeness (QED) is 0.490. The van der Waals surface area contributed by atoms with Gasteiger partial charge in [-0.1, -0.05) is 23.8 Å². The Kier molecular flexibility index (Phi) is 5.13. The fourth-order valence-corrected chi connectivity index (χ4v) is 4.65. The number of aryl methyl sites for hydroxylation is 2. The summed E-state index contributed by atoms with van der Waals surface area (Å²) in [5.74, 6) is 1.49. The van der Waals surface area contributed by atoms with Crippen molar-refractivity contribution >= 4 is 27.7 Å². The third kappa shape index (κ3) is 3.90. The zero-order valence-electron chi connectivity index (χ0n) is 17.4. The lowest BCUT2D eigenvalue weighted by Crippen LogP contribution is -2.36. The molecule has 3 heterocycles. The maximum Gasteiger partial charge on any atom is 0.136 e. The van der Waals surface area contributed by atoms with Crippen molar-refractivity contribution in [2.45, 2.75) is 39.2 Å². The van der Waals surface area contributed by atoms with Crippen molar-refractivity contribution in [1.29, 1.82) is 0 Å². The third-order valence-electron chi connectivity index (χ3n) is 6.41. The molecule has 0 bridgehead atoms. The number of aromatic nitrogens is 3. The molecule has 5 rings (SSSR count). The molecule has 0 unspecified atom stereocenters. The SMILES string of the molecule is Cc1ccc2[nH]cc(CN3CCC(C(=O)CCc4nc5ccccc5[nH]4)CC3)c2c1. The van der Waals surface area contributed by atoms with E-state index in [1.807, 2.05) is 24.3 Å². The Bertz CT molecular complexity index is 1150. The summed E-state index contributed by atoms with van der Waals surface area (Å²) >= 11 is 0. The predicted molar refractivity (Wildman–Crippen MR) is 120 cm³/mol. The number of nitrogens with zero attached hydrogens (tertiary/aromatic N) is 2. The lowest BCUT2D eigenvalue weighted by Gasteiger charge is -2.31. The molecule has 154 valence electrons. The van der Waals surface area contributed by atoms with Gasteiger partial charge in [0.05, 0.1) is 11.0 Å². The first-order valence-electron chi connectivity index (χ1n) is 10.9. The number of hydrogen-bond acceptors (Lipinski definition) is 3. The second kappa shape index (κ2) is 8.07. The number of imidazole rings is 1. The molecule has 0 aliphatic carbocycles. The monoisotopic (exact) mass is 400 g/mol. The van der Waals surface area contributed by atoms with E-state index in [1.54, 1.807) is 0 Å². The average Bonchev–Trinajstić information content (AvgIpc) is 3.36. The van der Waals surface area contributed by atoms with Crippen LogP contribution in [0.4, 0.5) is 0 Å². The number of rotatable bonds is 6. The van der Waals surface area contributed by atoms with Gasteiger partial charge in [-0.2, -0.15) is 0 Å². The van der Waals surface area contributed by atoms with Gasteiger partial charge < -0.3 is 9.97 Å². The summed E-state index contributed by atoms with van der Waals surface area (Å²) in [6.07, 6.45) is 5.32. The van der Waals surface area contributed by atoms with E-state index in [-0.39, 0.29) is 5.92 Å². The Morgan fingerprint density at radius 2 is 1.97 bits per heavy atom. The normalized spacial score (nSPS) is 15.9. The minimum Gasteiger partial charge on any atom is -0.361 e. The van der Waals surface area contributed by atoms with Gasteiger partial charge in [0, 0.05) is 42.4 Å². The zero-order chi connectivity index (χ0) is 20.5. The van der Waals surface area contributed by atoms with Gasteiger partial charge in [-0.25, -0.2) is 4.98 Å². The molecular weight excluding hydrogens is 372 g/mol. The topological polar surface area (TPSA) is 64.8 Å². The molecule has 1 saturated heterocycles. The largest absolute Gasteiger partial charge is 0.361 e. The molecule has 0 amide bonds. The van der Waals surface area contributed by atoms with Gasteiger partial charge in [-0.15, -0.1) is 0 Å². The summed E-state index contributed by atoms with van der Waals surface area (Å²) in [5.41, 5.74) is 5.85. The number of fused-ring (bicyclic) bond motifs is 2. The maximum absolute atomic E-state index is 12.8. The van der Waals surface area contributed by atoms with Crippen LogP contribution in [-0.4, -0.2) is 38.7 Å². The van der Waals surface area contributed by atoms with Crippen LogP contribution in [0.2, 0.25) is 0 Å². The molecule has 5 nitrogen and oxygen atoms in total. The number of hydrogen-bond donors (Lipinski definition) is 2. The lowest BCUT2D eigenvalue weighted by atomic mass is 9.90. The number of piperidine rings is 1. The predicted octanol–water partition coefficient (Wildman–Crippen LogP) is 4.77. The minimum atomic E-state index is 0.191. The Morgan fingerprint density at radius 1 is 1.13 bits per heavy atom. The van der Waals surface area contributed by atoms with Gasteiger partial charge in [-0.3, -0.25) is 9.69 Å². The van der Waals surface area contributed by atoms with E-state index in [4.69, 9.17) is 0 Å². The number of ketones is 1. The van der Waals surface area contributed by atoms with E-state index in [2.05, 4.69) is 51.2 Å². The average molecular weight is 401 g/mol. The number of nitrogens with one attached hydrogen (secondary N) is 2. The highest BCUT2D eigenvalue weighted by atomic mass is 16.1. The summed E-state index contributed by atoms with van der Waals surface area (Å²) in [5, 5.41) is 1.32. The number of Topliss-reactive ketones (excluding diaryl/α,β-unsaturated/α-hetero) is 1. The van der Waals surface area contributed by atoms with Crippen molar-refractivity contribution in [3.05, 3.63) is 65.6 Å². The first-order valence-corrected chi connectivity index (χ1v) is 10.9. The van der Waals surface area contributed by atoms with Crippen molar-refractivity contribution in [2.75, 3.05) is 13.1 Å². The zero-order valence-corrected chi connectivity index (χ0v) is 17.4. The van der Waals surface area contributed by atoms with E-state index >= 15 is 0 Å². The van der Waals surface area contributed by atoms with Crippen LogP contribution in [0.15, 0.2) is 48.7 Å². The van der Waals surface area contributed by atoms with E-state index < -0.39 is 0 Å². The summed E-state index contributed by atoms with van der Waals surface area (Å²) in [4.78, 5) is 26.5. The smallest absolute Gasteiger partial charge is 0.136 e. The van der Waals surface area contributed by atoms with Crippen LogP contribution in [0.5, 0.6) is 0 Å². The Labute approximate surface area is 176 Å². The molecule has 30 heavy (non-hydrogen) atoms. The molecule has 1 aliphatic heterocycles. The van der Waals surface area contributed by atoms with Crippen LogP contribution < -0.4 is 0 Å². The molecule has 4 aromatic rings. The molecule has 0 atom stereocenters. The summed E-state index contributed by atoms with van der Waals surface area (Å²) in [7, 11) is 0. The molecule has 0 saturated carbocycles. The number of H-pyrrole nitrogens is 2. The summed E-state index contributed by atoms with van der Waals surface area (Å²) in [6, 6.07) is 14.6. The van der Waals surface area contributed by atoms with Crippen LogP contribution >= 0.6 is 0 Å². The molecule has 1 aliphatic rings. The lowest BCUT2D eigenvalue weighted by molar-refractivity contribution is -0.124. The first kappa shape index (κ1) is 19.1. The van der Waals surface area contributed by atoms with E-state index in [0.717, 1.165) is 49.3 Å². The van der Waals surface area contributed by atoms with Gasteiger partial charge in [0.1, 0.15) is 11.6 Å². The van der Waals surface area contributed by atoms with E-state index in [0.29, 0.717) is 18.6 Å². The van der Waals surface area contributed by atoms with Crippen molar-refractivity contribution in [3.63, 3.8) is 0 Å². The van der Waals surface area contributed by atoms with Crippen LogP contribution in [0.3, 0.4) is 0 Å². The molecule has 5 heteroatoms. The van der Waals surface area contributed by atoms with Crippen LogP contribution in [-0.2, 0) is 17.8 Å². The van der Waals surface area contributed by atoms with Gasteiger partial charge in [0.2, 0.25) is 0 Å². The molecule has 0 spiro atoms. The van der Waals surface area contributed by atoms with Crippen molar-refractivity contribution in [3.8, 4) is 0 Å². The maximum atomic E-state index is 12.8. The standard InChI is InChI=1S/C25H28N4O/c1-17-6-7-21-20(14-17)19(15-26-21)16-29-12-10-18(11-13-29)24(30)8-9-25-27-22-4-2-3-5-23(22)28-25/h2-7,14-15,18,26H,8-13,16H2,1H3,(H,27,28). The Morgan fingerprint density at radius 3 is 2.80 bits per heavy atom. The van der Waals surface area contributed by atoms with Crippen molar-refractivity contribution < 1.29 is 4.79 Å².